The van der Waals surface area contributed by atoms with Gasteiger partial charge in [-0.05, 0) is 214 Å². The van der Waals surface area contributed by atoms with Crippen molar-refractivity contribution in [3.63, 3.8) is 0 Å². The second-order valence-corrected chi connectivity index (χ2v) is 26.9. The molecule has 16 N–H and O–H groups in total. The van der Waals surface area contributed by atoms with Crippen molar-refractivity contribution in [2.24, 2.45) is 56.8 Å². The van der Waals surface area contributed by atoms with Gasteiger partial charge in [0.1, 0.15) is 34.3 Å². The highest BCUT2D eigenvalue weighted by atomic mass is 16.4. The van der Waals surface area contributed by atoms with E-state index in [1.165, 1.54) is 74.6 Å². The Morgan fingerprint density at radius 1 is 0.413 bits per heavy atom. The van der Waals surface area contributed by atoms with Gasteiger partial charge in [-0.15, -0.1) is 0 Å². The number of nitrogen functional groups attached to an aromatic ring is 2. The number of hydrogen-bond donors (Lipinski definition) is 12. The highest BCUT2D eigenvalue weighted by molar-refractivity contribution is 6.41. The van der Waals surface area contributed by atoms with Crippen LogP contribution in [0.25, 0.3) is 0 Å². The molecule has 25 heteroatoms. The van der Waals surface area contributed by atoms with E-state index in [4.69, 9.17) is 44.2 Å². The number of rotatable bonds is 13. The van der Waals surface area contributed by atoms with Crippen molar-refractivity contribution in [2.75, 3.05) is 44.7 Å². The van der Waals surface area contributed by atoms with E-state index in [0.29, 0.717) is 68.4 Å². The second kappa shape index (κ2) is 69.5. The van der Waals surface area contributed by atoms with Gasteiger partial charge in [0.15, 0.2) is 11.6 Å². The molecule has 25 nitrogen and oxygen atoms in total. The molecular weight excluding hydrogens is 1580 g/mol. The van der Waals surface area contributed by atoms with E-state index in [-0.39, 0.29) is 29.0 Å². The van der Waals surface area contributed by atoms with Crippen LogP contribution >= 0.6 is 0 Å². The Morgan fingerprint density at radius 3 is 1.05 bits per heavy atom. The van der Waals surface area contributed by atoms with Gasteiger partial charge in [-0.1, -0.05) is 210 Å². The number of benzene rings is 8. The lowest BCUT2D eigenvalue weighted by Crippen LogP contribution is -2.21. The average Bonchev–Trinajstić information content (AvgIpc) is 1.15. The number of allylic oxidation sites excluding steroid dienone is 4. The Bertz CT molecular complexity index is 4920. The molecule has 2 heterocycles. The third kappa shape index (κ3) is 51.6. The molecule has 0 spiro atoms. The van der Waals surface area contributed by atoms with E-state index < -0.39 is 0 Å². The minimum atomic E-state index is -0.155. The maximum absolute atomic E-state index is 10.6. The predicted octanol–water partition coefficient (Wildman–Crippen LogP) is 21.7. The van der Waals surface area contributed by atoms with Crippen LogP contribution in [-0.4, -0.2) is 139 Å². The number of carbonyl (C=O) groups is 3. The molecule has 1 aromatic heterocycles. The van der Waals surface area contributed by atoms with E-state index in [9.17, 15) is 24.6 Å². The Morgan fingerprint density at radius 2 is 0.746 bits per heavy atom. The molecule has 0 fully saturated rings. The zero-order valence-electron chi connectivity index (χ0n) is 79.1. The van der Waals surface area contributed by atoms with Gasteiger partial charge in [-0.3, -0.25) is 39.3 Å². The number of phenolic OH excluding ortho intramolecular Hbond substituents is 2. The molecular formula is C101H140N18O7. The fourth-order valence-electron chi connectivity index (χ4n) is 9.92. The number of aromatic nitrogens is 1. The van der Waals surface area contributed by atoms with Crippen LogP contribution in [0.4, 0.5) is 28.4 Å². The smallest absolute Gasteiger partial charge is 0.236 e. The van der Waals surface area contributed by atoms with E-state index in [1.54, 1.807) is 94.6 Å². The normalized spacial score (nSPS) is 11.9. The number of aliphatic imine (C=N–C) groups is 6. The number of fused-ring (bicyclic) bond motifs is 1. The first-order valence-electron chi connectivity index (χ1n) is 41.4. The number of nitrogens with zero attached hydrogens (tertiary/aromatic N) is 10. The standard InChI is InChI=1S/C16H16N2O2.C14H19N3.C14H14N2.C11H14N2O.C10H13N.2C8H10N2.2C5H9NO.C4H8N2O2.3C2H6/c1-11(17-13-7-3-5-9-15(13)19)12(2)18-14-8-4-6-10-16(14)20;1-11-13-5-3-4-6-14(13)12(2)17-10-8-15-7-9-16-11;1-11-7-3-4-8-13(11)16-12(2)14-9-5-6-10-15-14;1-8-6-4-5-7-11(8)9(2)12-13-10(3)14;1-8-6-4-5-7-10(8)9(2)11-3;2*1-6(9)7-4-2-3-5-8(7)10;2*1-4(6)3-5(2)7;1-3(5-7)4(2)6-8;3*1-2/h3-10,19-20H,1-2H3;3-6,15H,7-10H2,1-2H3;3-10H,1-2H3;4-7H,1-3H3,(H,13,14);4-7H,1-3H3;2*2-5,9H,10H2,1H3;2*3H,6H2,1-2H3;7-8H,1-2H3;3*1-2H3/b;;;12-9+;;;;;;5-3-,6-4-;;;. The molecule has 0 saturated carbocycles. The Hall–Kier alpha value is -14.1. The molecule has 0 aliphatic carbocycles. The molecule has 0 bridgehead atoms. The number of anilines is 2. The molecule has 0 unspecified atom stereocenters. The fraction of sp³-hybridized carbons (Fsp3) is 0.297. The van der Waals surface area contributed by atoms with Gasteiger partial charge in [-0.25, -0.2) is 15.4 Å². The number of oxime groups is 2. The average molecular weight is 1720 g/mol. The molecule has 8 aromatic carbocycles. The fourth-order valence-corrected chi connectivity index (χ4v) is 9.92. The van der Waals surface area contributed by atoms with E-state index in [1.807, 2.05) is 199 Å². The van der Waals surface area contributed by atoms with Crippen LogP contribution in [0.15, 0.2) is 287 Å². The predicted molar refractivity (Wildman–Crippen MR) is 537 cm³/mol. The van der Waals surface area contributed by atoms with Crippen LogP contribution in [0.1, 0.15) is 208 Å². The van der Waals surface area contributed by atoms with Crippen molar-refractivity contribution in [1.82, 2.24) is 15.7 Å². The van der Waals surface area contributed by atoms with Gasteiger partial charge in [0.2, 0.25) is 5.91 Å². The monoisotopic (exact) mass is 1720 g/mol. The van der Waals surface area contributed by atoms with Gasteiger partial charge in [0.25, 0.3) is 0 Å². The van der Waals surface area contributed by atoms with Crippen LogP contribution < -0.4 is 33.7 Å². The first-order chi connectivity index (χ1) is 59.9. The number of phenols is 2. The summed E-state index contributed by atoms with van der Waals surface area (Å²) >= 11 is 0. The van der Waals surface area contributed by atoms with Gasteiger partial charge in [-0.2, -0.15) is 5.10 Å². The van der Waals surface area contributed by atoms with Crippen LogP contribution in [0.5, 0.6) is 11.5 Å². The lowest BCUT2D eigenvalue weighted by atomic mass is 10.0. The van der Waals surface area contributed by atoms with Gasteiger partial charge < -0.3 is 59.7 Å². The lowest BCUT2D eigenvalue weighted by molar-refractivity contribution is -0.119. The number of nitrogens with two attached hydrogens (primary N) is 4. The number of amides is 1. The quantitative estimate of drug-likeness (QED) is 0.0168. The molecule has 0 atom stereocenters. The largest absolute Gasteiger partial charge is 0.506 e. The molecule has 126 heavy (non-hydrogen) atoms. The summed E-state index contributed by atoms with van der Waals surface area (Å²) in [6.45, 7) is 49.6. The molecule has 1 aliphatic heterocycles. The first kappa shape index (κ1) is 116. The summed E-state index contributed by atoms with van der Waals surface area (Å²) in [5.41, 5.74) is 47.3. The van der Waals surface area contributed by atoms with Crippen molar-refractivity contribution in [3.05, 3.63) is 298 Å². The number of hydrazone groups is 1. The first-order valence-corrected chi connectivity index (χ1v) is 41.4. The van der Waals surface area contributed by atoms with Crippen LogP contribution in [0.2, 0.25) is 0 Å². The maximum atomic E-state index is 10.6. The minimum absolute atomic E-state index is 0.000000000000000444. The molecule has 676 valence electrons. The Balaban J connectivity index is -0.00000135. The molecule has 10 rings (SSSR count). The number of aryl methyl sites for hydroxylation is 3. The number of hydrogen-bond acceptors (Lipinski definition) is 24. The summed E-state index contributed by atoms with van der Waals surface area (Å²) in [5, 5.41) is 62.9. The third-order valence-electron chi connectivity index (χ3n) is 16.5. The summed E-state index contributed by atoms with van der Waals surface area (Å²) < 4.78 is 0. The minimum Gasteiger partial charge on any atom is -0.506 e. The van der Waals surface area contributed by atoms with Crippen LogP contribution in [0.3, 0.4) is 0 Å². The number of ketones is 2. The van der Waals surface area contributed by atoms with Gasteiger partial charge >= 0.3 is 0 Å². The zero-order valence-corrected chi connectivity index (χ0v) is 79.1. The molecule has 1 aliphatic rings. The van der Waals surface area contributed by atoms with Crippen molar-refractivity contribution in [3.8, 4) is 11.5 Å². The van der Waals surface area contributed by atoms with Gasteiger partial charge in [0.05, 0.1) is 47.3 Å². The van der Waals surface area contributed by atoms with E-state index in [2.05, 4.69) is 131 Å². The van der Waals surface area contributed by atoms with Crippen LogP contribution in [0, 0.1) is 31.6 Å². The molecule has 1 amide bonds. The summed E-state index contributed by atoms with van der Waals surface area (Å²) in [7, 11) is 1.82. The van der Waals surface area contributed by atoms with Crippen molar-refractivity contribution in [2.45, 2.75) is 173 Å². The highest BCUT2D eigenvalue weighted by Crippen LogP contribution is 2.28. The van der Waals surface area contributed by atoms with Crippen molar-refractivity contribution < 1.29 is 35.0 Å². The number of pyridine rings is 1. The Kier molecular flexibility index (Phi) is 64.0. The lowest BCUT2D eigenvalue weighted by Gasteiger charge is -2.08. The summed E-state index contributed by atoms with van der Waals surface area (Å²) in [4.78, 5) is 61.7. The second-order valence-electron chi connectivity index (χ2n) is 26.9. The SMILES string of the molecule is CC.CC.CC.CC(=N)c1ccccc1N.CC(=N)c1ccccc1N.CC(=N/O)/C(C)=N\O.CC(=Nc1ccccc1C)c1ccccn1.CC(=Nc1ccccc1O)C(C)=Nc1ccccc1O.CC(=O)C=C(C)N.CC(=O)C=C(C)N.CC(=O)N/N=C(\C)c1ccccc1C.CC1=NCCNCCN=C(C)c2ccccc21.CN=C(C)c1ccccc1C. The van der Waals surface area contributed by atoms with Gasteiger partial charge in [0, 0.05) is 112 Å². The number of para-hydroxylation sites is 7. The number of nitrogens with one attached hydrogen (secondary N) is 4. The van der Waals surface area contributed by atoms with Crippen molar-refractivity contribution in [1.29, 1.82) is 10.8 Å². The van der Waals surface area contributed by atoms with Crippen LogP contribution in [-0.2, 0) is 14.4 Å². The summed E-state index contributed by atoms with van der Waals surface area (Å²) in [6, 6.07) is 67.0. The summed E-state index contributed by atoms with van der Waals surface area (Å²) in [6.07, 6.45) is 4.56. The highest BCUT2D eigenvalue weighted by Gasteiger charge is 2.10. The Labute approximate surface area is 750 Å². The van der Waals surface area contributed by atoms with E-state index in [0.717, 1.165) is 88.4 Å². The molecule has 0 radical (unpaired) electrons. The number of aromatic hydroxyl groups is 2. The maximum Gasteiger partial charge on any atom is 0.236 e. The topological polar surface area (TPSA) is 432 Å². The van der Waals surface area contributed by atoms with Crippen molar-refractivity contribution >= 4 is 109 Å². The summed E-state index contributed by atoms with van der Waals surface area (Å²) in [5.74, 6) is 0.0994. The molecule has 9 aromatic rings. The van der Waals surface area contributed by atoms with E-state index >= 15 is 0 Å². The number of carbonyl (C=O) groups excluding carboxylic acids is 3. The zero-order chi connectivity index (χ0) is 96.2. The molecule has 0 saturated heterocycles. The third-order valence-corrected chi connectivity index (χ3v) is 16.5.